The van der Waals surface area contributed by atoms with Crippen LogP contribution >= 0.6 is 0 Å². The maximum absolute atomic E-state index is 12.6. The Bertz CT molecular complexity index is 559. The van der Waals surface area contributed by atoms with Crippen molar-refractivity contribution in [2.24, 2.45) is 5.73 Å². The zero-order valence-electron chi connectivity index (χ0n) is 12.1. The summed E-state index contributed by atoms with van der Waals surface area (Å²) >= 11 is 0. The molecule has 0 spiro atoms. The van der Waals surface area contributed by atoms with E-state index in [1.54, 1.807) is 25.2 Å². The van der Waals surface area contributed by atoms with Crippen LogP contribution in [-0.4, -0.2) is 50.8 Å². The quantitative estimate of drug-likeness (QED) is 0.875. The van der Waals surface area contributed by atoms with Crippen molar-refractivity contribution in [2.45, 2.75) is 30.3 Å². The van der Waals surface area contributed by atoms with E-state index in [4.69, 9.17) is 5.73 Å². The van der Waals surface area contributed by atoms with E-state index in [0.29, 0.717) is 24.0 Å². The normalized spacial score (nSPS) is 20.7. The maximum Gasteiger partial charge on any atom is 0.242 e. The number of rotatable bonds is 5. The lowest BCUT2D eigenvalue weighted by atomic mass is 10.2. The molecule has 1 aromatic carbocycles. The van der Waals surface area contributed by atoms with E-state index in [1.165, 1.54) is 4.31 Å². The van der Waals surface area contributed by atoms with E-state index in [-0.39, 0.29) is 0 Å². The first-order valence-corrected chi connectivity index (χ1v) is 8.34. The van der Waals surface area contributed by atoms with E-state index < -0.39 is 10.0 Å². The van der Waals surface area contributed by atoms with Crippen molar-refractivity contribution in [3.05, 3.63) is 29.8 Å². The van der Waals surface area contributed by atoms with Gasteiger partial charge in [-0.05, 0) is 44.1 Å². The highest BCUT2D eigenvalue weighted by atomic mass is 32.2. The summed E-state index contributed by atoms with van der Waals surface area (Å²) in [7, 11) is 0.267. The number of hydrogen-bond acceptors (Lipinski definition) is 4. The van der Waals surface area contributed by atoms with Crippen LogP contribution in [0.25, 0.3) is 0 Å². The fourth-order valence-corrected chi connectivity index (χ4v) is 3.90. The Hall–Kier alpha value is -0.950. The number of sulfonamides is 1. The Labute approximate surface area is 121 Å². The molecule has 1 atom stereocenters. The summed E-state index contributed by atoms with van der Waals surface area (Å²) in [6, 6.07) is 7.18. The van der Waals surface area contributed by atoms with Gasteiger partial charge in [-0.3, -0.25) is 0 Å². The summed E-state index contributed by atoms with van der Waals surface area (Å²) in [5.74, 6) is 0. The van der Waals surface area contributed by atoms with Crippen molar-refractivity contribution in [2.75, 3.05) is 27.2 Å². The molecule has 1 unspecified atom stereocenters. The molecule has 0 aromatic heterocycles. The lowest BCUT2D eigenvalue weighted by Crippen LogP contribution is -2.39. The van der Waals surface area contributed by atoms with Crippen LogP contribution in [0.3, 0.4) is 0 Å². The zero-order chi connectivity index (χ0) is 14.8. The van der Waals surface area contributed by atoms with Crippen molar-refractivity contribution < 1.29 is 8.42 Å². The monoisotopic (exact) mass is 297 g/mol. The third-order valence-corrected chi connectivity index (χ3v) is 5.80. The van der Waals surface area contributed by atoms with Gasteiger partial charge in [0.2, 0.25) is 10.0 Å². The van der Waals surface area contributed by atoms with E-state index in [1.807, 2.05) is 13.1 Å². The molecule has 0 bridgehead atoms. The van der Waals surface area contributed by atoms with Gasteiger partial charge in [-0.2, -0.15) is 4.31 Å². The van der Waals surface area contributed by atoms with Crippen LogP contribution in [0.15, 0.2) is 29.2 Å². The second-order valence-corrected chi connectivity index (χ2v) is 7.46. The summed E-state index contributed by atoms with van der Waals surface area (Å²) in [4.78, 5) is 2.55. The molecule has 1 fully saturated rings. The van der Waals surface area contributed by atoms with Crippen molar-refractivity contribution in [1.29, 1.82) is 0 Å². The number of likely N-dealkylation sites (N-methyl/N-ethyl adjacent to an activating group) is 2. The van der Waals surface area contributed by atoms with Gasteiger partial charge >= 0.3 is 0 Å². The lowest BCUT2D eigenvalue weighted by Gasteiger charge is -2.25. The van der Waals surface area contributed by atoms with Gasteiger partial charge in [0, 0.05) is 26.2 Å². The van der Waals surface area contributed by atoms with Crippen LogP contribution in [-0.2, 0) is 16.6 Å². The molecule has 5 nitrogen and oxygen atoms in total. The SMILES string of the molecule is CN1CCCC1CN(C)S(=O)(=O)c1cccc(CN)c1. The van der Waals surface area contributed by atoms with Crippen LogP contribution < -0.4 is 5.73 Å². The van der Waals surface area contributed by atoms with Gasteiger partial charge in [0.15, 0.2) is 0 Å². The smallest absolute Gasteiger partial charge is 0.242 e. The molecular weight excluding hydrogens is 274 g/mol. The lowest BCUT2D eigenvalue weighted by molar-refractivity contribution is 0.271. The summed E-state index contributed by atoms with van der Waals surface area (Å²) < 4.78 is 26.6. The molecule has 0 saturated carbocycles. The van der Waals surface area contributed by atoms with Crippen molar-refractivity contribution in [1.82, 2.24) is 9.21 Å². The van der Waals surface area contributed by atoms with Crippen LogP contribution in [0.4, 0.5) is 0 Å². The zero-order valence-corrected chi connectivity index (χ0v) is 12.9. The van der Waals surface area contributed by atoms with Crippen molar-refractivity contribution >= 4 is 10.0 Å². The third kappa shape index (κ3) is 3.20. The Morgan fingerprint density at radius 2 is 2.20 bits per heavy atom. The van der Waals surface area contributed by atoms with E-state index in [9.17, 15) is 8.42 Å². The predicted octanol–water partition coefficient (Wildman–Crippen LogP) is 0.860. The van der Waals surface area contributed by atoms with Crippen LogP contribution in [0.1, 0.15) is 18.4 Å². The average Bonchev–Trinajstić information content (AvgIpc) is 2.84. The van der Waals surface area contributed by atoms with Crippen LogP contribution in [0.2, 0.25) is 0 Å². The Kier molecular flexibility index (Phi) is 4.80. The topological polar surface area (TPSA) is 66.6 Å². The fourth-order valence-electron chi connectivity index (χ4n) is 2.62. The van der Waals surface area contributed by atoms with Gasteiger partial charge in [0.05, 0.1) is 4.90 Å². The number of benzene rings is 1. The first-order chi connectivity index (χ1) is 9.45. The predicted molar refractivity (Wildman–Crippen MR) is 79.8 cm³/mol. The second-order valence-electron chi connectivity index (χ2n) is 5.41. The largest absolute Gasteiger partial charge is 0.326 e. The van der Waals surface area contributed by atoms with Crippen LogP contribution in [0.5, 0.6) is 0 Å². The minimum absolute atomic E-state index is 0.312. The minimum Gasteiger partial charge on any atom is -0.326 e. The van der Waals surface area contributed by atoms with Crippen LogP contribution in [0, 0.1) is 0 Å². The Balaban J connectivity index is 2.16. The van der Waals surface area contributed by atoms with Gasteiger partial charge in [-0.15, -0.1) is 0 Å². The highest BCUT2D eigenvalue weighted by Crippen LogP contribution is 2.20. The molecule has 112 valence electrons. The standard InChI is InChI=1S/C14H23N3O2S/c1-16-8-4-6-13(16)11-17(2)20(18,19)14-7-3-5-12(9-14)10-15/h3,5,7,9,13H,4,6,8,10-11,15H2,1-2H3. The number of nitrogens with two attached hydrogens (primary N) is 1. The van der Waals surface area contributed by atoms with Gasteiger partial charge in [-0.25, -0.2) is 8.42 Å². The average molecular weight is 297 g/mol. The fraction of sp³-hybridized carbons (Fsp3) is 0.571. The van der Waals surface area contributed by atoms with Gasteiger partial charge < -0.3 is 10.6 Å². The molecule has 2 rings (SSSR count). The molecule has 1 saturated heterocycles. The number of hydrogen-bond donors (Lipinski definition) is 1. The summed E-state index contributed by atoms with van der Waals surface area (Å²) in [5.41, 5.74) is 6.40. The summed E-state index contributed by atoms with van der Waals surface area (Å²) in [6.45, 7) is 1.92. The molecule has 1 heterocycles. The van der Waals surface area contributed by atoms with Gasteiger partial charge in [0.25, 0.3) is 0 Å². The first kappa shape index (κ1) is 15.4. The minimum atomic E-state index is -3.43. The molecule has 6 heteroatoms. The number of likely N-dealkylation sites (tertiary alicyclic amines) is 1. The molecule has 1 aromatic rings. The molecule has 0 radical (unpaired) electrons. The molecule has 0 aliphatic carbocycles. The molecule has 20 heavy (non-hydrogen) atoms. The number of nitrogens with zero attached hydrogens (tertiary/aromatic N) is 2. The third-order valence-electron chi connectivity index (χ3n) is 3.98. The van der Waals surface area contributed by atoms with E-state index in [2.05, 4.69) is 4.90 Å². The molecule has 2 N–H and O–H groups in total. The highest BCUT2D eigenvalue weighted by Gasteiger charge is 2.28. The van der Waals surface area contributed by atoms with Gasteiger partial charge in [-0.1, -0.05) is 12.1 Å². The van der Waals surface area contributed by atoms with Crippen molar-refractivity contribution in [3.8, 4) is 0 Å². The Morgan fingerprint density at radius 3 is 2.80 bits per heavy atom. The molecule has 1 aliphatic heterocycles. The summed E-state index contributed by atoms with van der Waals surface area (Å²) in [6.07, 6.45) is 2.19. The van der Waals surface area contributed by atoms with E-state index >= 15 is 0 Å². The highest BCUT2D eigenvalue weighted by molar-refractivity contribution is 7.89. The first-order valence-electron chi connectivity index (χ1n) is 6.90. The van der Waals surface area contributed by atoms with E-state index in [0.717, 1.165) is 24.9 Å². The maximum atomic E-state index is 12.6. The summed E-state index contributed by atoms with van der Waals surface area (Å²) in [5, 5.41) is 0. The molecular formula is C14H23N3O2S. The van der Waals surface area contributed by atoms with Crippen molar-refractivity contribution in [3.63, 3.8) is 0 Å². The Morgan fingerprint density at radius 1 is 1.45 bits per heavy atom. The molecule has 1 aliphatic rings. The second kappa shape index (κ2) is 6.22. The molecule has 0 amide bonds. The van der Waals surface area contributed by atoms with Gasteiger partial charge in [0.1, 0.15) is 0 Å².